The third-order valence-corrected chi connectivity index (χ3v) is 5.45. The van der Waals surface area contributed by atoms with Crippen molar-refractivity contribution in [1.82, 2.24) is 10.0 Å². The summed E-state index contributed by atoms with van der Waals surface area (Å²) in [6, 6.07) is 4.98. The zero-order valence-corrected chi connectivity index (χ0v) is 14.6. The number of hydrogen-bond donors (Lipinski definition) is 2. The van der Waals surface area contributed by atoms with Gasteiger partial charge >= 0.3 is 0 Å². The highest BCUT2D eigenvalue weighted by molar-refractivity contribution is 7.88. The summed E-state index contributed by atoms with van der Waals surface area (Å²) in [5.74, 6) is 0.371. The minimum absolute atomic E-state index is 0. The van der Waals surface area contributed by atoms with Gasteiger partial charge in [0.15, 0.2) is 0 Å². The van der Waals surface area contributed by atoms with Gasteiger partial charge in [0.05, 0.1) is 5.75 Å². The van der Waals surface area contributed by atoms with Crippen LogP contribution >= 0.6 is 35.6 Å². The minimum Gasteiger partial charge on any atom is -0.316 e. The first-order chi connectivity index (χ1) is 9.48. The standard InChI is InChI=1S/C13H18Cl2N2O2S.ClH/c14-12-2-1-3-13(15)11(12)9-20(18,19)17-7-5-10-4-6-16-8-10;/h1-3,10,16-17H,4-9H2;1H. The van der Waals surface area contributed by atoms with Gasteiger partial charge in [0.25, 0.3) is 0 Å². The van der Waals surface area contributed by atoms with Crippen molar-refractivity contribution in [3.05, 3.63) is 33.8 Å². The fraction of sp³-hybridized carbons (Fsp3) is 0.538. The lowest BCUT2D eigenvalue weighted by molar-refractivity contribution is 0.519. The molecule has 8 heteroatoms. The Morgan fingerprint density at radius 1 is 1.29 bits per heavy atom. The number of nitrogens with one attached hydrogen (secondary N) is 2. The molecule has 1 fully saturated rings. The van der Waals surface area contributed by atoms with Crippen molar-refractivity contribution in [2.75, 3.05) is 19.6 Å². The van der Waals surface area contributed by atoms with E-state index in [0.717, 1.165) is 25.9 Å². The summed E-state index contributed by atoms with van der Waals surface area (Å²) in [5, 5.41) is 4.02. The highest BCUT2D eigenvalue weighted by atomic mass is 35.5. The second kappa shape index (κ2) is 8.56. The predicted octanol–water partition coefficient (Wildman–Crippen LogP) is 2.83. The molecule has 0 radical (unpaired) electrons. The molecule has 2 N–H and O–H groups in total. The maximum absolute atomic E-state index is 12.0. The molecule has 1 saturated heterocycles. The van der Waals surface area contributed by atoms with E-state index in [9.17, 15) is 8.42 Å². The quantitative estimate of drug-likeness (QED) is 0.806. The van der Waals surface area contributed by atoms with Crippen LogP contribution in [-0.4, -0.2) is 28.1 Å². The average Bonchev–Trinajstić information content (AvgIpc) is 2.87. The van der Waals surface area contributed by atoms with Gasteiger partial charge in [-0.25, -0.2) is 13.1 Å². The molecule has 21 heavy (non-hydrogen) atoms. The van der Waals surface area contributed by atoms with Crippen molar-refractivity contribution in [1.29, 1.82) is 0 Å². The van der Waals surface area contributed by atoms with Crippen molar-refractivity contribution in [3.63, 3.8) is 0 Å². The summed E-state index contributed by atoms with van der Waals surface area (Å²) in [5.41, 5.74) is 0.450. The van der Waals surface area contributed by atoms with Gasteiger partial charge < -0.3 is 5.32 Å². The third kappa shape index (κ3) is 5.93. The van der Waals surface area contributed by atoms with Gasteiger partial charge in [0.2, 0.25) is 10.0 Å². The summed E-state index contributed by atoms with van der Waals surface area (Å²) in [6.45, 7) is 2.45. The van der Waals surface area contributed by atoms with Crippen LogP contribution in [0.5, 0.6) is 0 Å². The molecule has 0 spiro atoms. The highest BCUT2D eigenvalue weighted by Gasteiger charge is 2.18. The fourth-order valence-electron chi connectivity index (χ4n) is 2.29. The zero-order chi connectivity index (χ0) is 14.6. The lowest BCUT2D eigenvalue weighted by Crippen LogP contribution is -2.28. The molecule has 1 aromatic carbocycles. The van der Waals surface area contributed by atoms with Crippen LogP contribution in [0.15, 0.2) is 18.2 Å². The molecule has 0 aromatic heterocycles. The summed E-state index contributed by atoms with van der Waals surface area (Å²) < 4.78 is 26.7. The van der Waals surface area contributed by atoms with Crippen LogP contribution in [0, 0.1) is 5.92 Å². The lowest BCUT2D eigenvalue weighted by Gasteiger charge is -2.11. The Morgan fingerprint density at radius 2 is 1.95 bits per heavy atom. The maximum atomic E-state index is 12.0. The SMILES string of the molecule is Cl.O=S(=O)(Cc1c(Cl)cccc1Cl)NCCC1CCNC1. The largest absolute Gasteiger partial charge is 0.316 e. The molecule has 1 aromatic rings. The van der Waals surface area contributed by atoms with E-state index >= 15 is 0 Å². The Bertz CT molecular complexity index is 540. The topological polar surface area (TPSA) is 58.2 Å². The van der Waals surface area contributed by atoms with Crippen molar-refractivity contribution in [3.8, 4) is 0 Å². The number of hydrogen-bond acceptors (Lipinski definition) is 3. The second-order valence-electron chi connectivity index (χ2n) is 5.00. The number of rotatable bonds is 6. The Hall–Kier alpha value is -0.0400. The molecule has 0 bridgehead atoms. The second-order valence-corrected chi connectivity index (χ2v) is 7.62. The Morgan fingerprint density at radius 3 is 2.52 bits per heavy atom. The van der Waals surface area contributed by atoms with E-state index in [0.29, 0.717) is 28.1 Å². The van der Waals surface area contributed by atoms with E-state index in [1.54, 1.807) is 18.2 Å². The first-order valence-corrected chi connectivity index (χ1v) is 9.00. The maximum Gasteiger partial charge on any atom is 0.215 e. The molecule has 0 saturated carbocycles. The van der Waals surface area contributed by atoms with Crippen LogP contribution in [-0.2, 0) is 15.8 Å². The van der Waals surface area contributed by atoms with Gasteiger partial charge in [0, 0.05) is 22.2 Å². The Labute approximate surface area is 142 Å². The van der Waals surface area contributed by atoms with Gasteiger partial charge in [-0.2, -0.15) is 0 Å². The molecule has 1 atom stereocenters. The summed E-state index contributed by atoms with van der Waals surface area (Å²) in [7, 11) is -3.41. The van der Waals surface area contributed by atoms with Crippen molar-refractivity contribution in [2.45, 2.75) is 18.6 Å². The molecule has 1 heterocycles. The van der Waals surface area contributed by atoms with E-state index in [4.69, 9.17) is 23.2 Å². The molecule has 0 aliphatic carbocycles. The van der Waals surface area contributed by atoms with E-state index < -0.39 is 10.0 Å². The number of halogens is 3. The van der Waals surface area contributed by atoms with E-state index in [-0.39, 0.29) is 18.2 Å². The highest BCUT2D eigenvalue weighted by Crippen LogP contribution is 2.25. The van der Waals surface area contributed by atoms with Crippen LogP contribution in [0.1, 0.15) is 18.4 Å². The monoisotopic (exact) mass is 372 g/mol. The van der Waals surface area contributed by atoms with Gasteiger partial charge in [-0.05, 0) is 44.0 Å². The van der Waals surface area contributed by atoms with Crippen LogP contribution in [0.2, 0.25) is 10.0 Å². The third-order valence-electron chi connectivity index (χ3n) is 3.43. The predicted molar refractivity (Wildman–Crippen MR) is 89.9 cm³/mol. The molecule has 120 valence electrons. The molecule has 1 aliphatic rings. The van der Waals surface area contributed by atoms with Gasteiger partial charge in [-0.3, -0.25) is 0 Å². The smallest absolute Gasteiger partial charge is 0.215 e. The molecule has 0 amide bonds. The Kier molecular flexibility index (Phi) is 7.74. The molecule has 2 rings (SSSR count). The van der Waals surface area contributed by atoms with Gasteiger partial charge in [0.1, 0.15) is 0 Å². The van der Waals surface area contributed by atoms with Crippen molar-refractivity contribution < 1.29 is 8.42 Å². The first-order valence-electron chi connectivity index (χ1n) is 6.59. The molecule has 1 aliphatic heterocycles. The van der Waals surface area contributed by atoms with Crippen LogP contribution in [0.4, 0.5) is 0 Å². The summed E-state index contributed by atoms with van der Waals surface area (Å²) in [4.78, 5) is 0. The number of benzene rings is 1. The summed E-state index contributed by atoms with van der Waals surface area (Å²) >= 11 is 12.0. The molecule has 4 nitrogen and oxygen atoms in total. The van der Waals surface area contributed by atoms with E-state index in [1.165, 1.54) is 0 Å². The molecular weight excluding hydrogens is 355 g/mol. The Balaban J connectivity index is 0.00000220. The first kappa shape index (κ1) is 19.0. The fourth-order valence-corrected chi connectivity index (χ4v) is 4.20. The molecular formula is C13H19Cl3N2O2S. The van der Waals surface area contributed by atoms with E-state index in [2.05, 4.69) is 10.0 Å². The van der Waals surface area contributed by atoms with Crippen molar-refractivity contribution >= 4 is 45.6 Å². The molecule has 1 unspecified atom stereocenters. The average molecular weight is 374 g/mol. The van der Waals surface area contributed by atoms with Crippen LogP contribution in [0.25, 0.3) is 0 Å². The van der Waals surface area contributed by atoms with E-state index in [1.807, 2.05) is 0 Å². The normalized spacial score (nSPS) is 18.5. The van der Waals surface area contributed by atoms with Crippen LogP contribution < -0.4 is 10.0 Å². The lowest BCUT2D eigenvalue weighted by atomic mass is 10.1. The summed E-state index contributed by atoms with van der Waals surface area (Å²) in [6.07, 6.45) is 1.96. The minimum atomic E-state index is -3.41. The van der Waals surface area contributed by atoms with Gasteiger partial charge in [-0.15, -0.1) is 12.4 Å². The van der Waals surface area contributed by atoms with Gasteiger partial charge in [-0.1, -0.05) is 29.3 Å². The number of sulfonamides is 1. The van der Waals surface area contributed by atoms with Crippen LogP contribution in [0.3, 0.4) is 0 Å². The zero-order valence-electron chi connectivity index (χ0n) is 11.4. The van der Waals surface area contributed by atoms with Crippen molar-refractivity contribution in [2.24, 2.45) is 5.92 Å².